The molecule has 26 heavy (non-hydrogen) atoms. The van der Waals surface area contributed by atoms with Crippen LogP contribution in [0.25, 0.3) is 0 Å². The van der Waals surface area contributed by atoms with E-state index < -0.39 is 13.7 Å². The summed E-state index contributed by atoms with van der Waals surface area (Å²) in [4.78, 5) is 43.2. The fourth-order valence-corrected chi connectivity index (χ4v) is 5.46. The lowest BCUT2D eigenvalue weighted by atomic mass is 9.91. The monoisotopic (exact) mass is 382 g/mol. The fraction of sp³-hybridized carbons (Fsp3) is 0.579. The maximum atomic E-state index is 12.0. The van der Waals surface area contributed by atoms with Crippen LogP contribution >= 0.6 is 7.72 Å². The number of nitrogens with one attached hydrogen (secondary N) is 1. The van der Waals surface area contributed by atoms with E-state index in [9.17, 15) is 19.4 Å². The van der Waals surface area contributed by atoms with Crippen molar-refractivity contribution >= 4 is 19.5 Å². The van der Waals surface area contributed by atoms with Crippen molar-refractivity contribution in [2.24, 2.45) is 5.92 Å². The summed E-state index contributed by atoms with van der Waals surface area (Å²) in [5, 5.41) is 11.9. The summed E-state index contributed by atoms with van der Waals surface area (Å²) in [7, 11) is -3.13. The van der Waals surface area contributed by atoms with E-state index in [-0.39, 0.29) is 24.1 Å². The summed E-state index contributed by atoms with van der Waals surface area (Å²) in [5.74, 6) is -0.768. The van der Waals surface area contributed by atoms with Crippen LogP contribution in [0.4, 0.5) is 0 Å². The van der Waals surface area contributed by atoms with Gasteiger partial charge < -0.3 is 10.4 Å². The molecule has 1 fully saturated rings. The van der Waals surface area contributed by atoms with E-state index in [1.54, 1.807) is 24.3 Å². The van der Waals surface area contributed by atoms with E-state index in [1.165, 1.54) is 6.42 Å². The van der Waals surface area contributed by atoms with Crippen LogP contribution in [0.2, 0.25) is 0 Å². The molecule has 0 aliphatic heterocycles. The van der Waals surface area contributed by atoms with Crippen LogP contribution in [0.5, 0.6) is 0 Å². The molecule has 2 rings (SSSR count). The molecular formula is C19H29NO5P+. The van der Waals surface area contributed by atoms with Gasteiger partial charge in [-0.3, -0.25) is 4.79 Å². The maximum Gasteiger partial charge on any atom is 0.335 e. The summed E-state index contributed by atoms with van der Waals surface area (Å²) in [6.07, 6.45) is 6.51. The first-order valence-corrected chi connectivity index (χ1v) is 11.3. The standard InChI is InChI=1S/C19H28NO5P/c21-18(14-26(24,25)13-16-4-2-1-3-5-16)12-20-11-10-15-6-8-17(9-7-15)19(22)23/h6-9,16,20,24-25H,1-5,10-14H2/p+1. The van der Waals surface area contributed by atoms with Gasteiger partial charge in [-0.25, -0.2) is 14.6 Å². The first kappa shape index (κ1) is 21.0. The van der Waals surface area contributed by atoms with E-state index >= 15 is 0 Å². The largest absolute Gasteiger partial charge is 0.478 e. The molecule has 0 atom stereocenters. The first-order valence-electron chi connectivity index (χ1n) is 9.23. The summed E-state index contributed by atoms with van der Waals surface area (Å²) >= 11 is 0. The van der Waals surface area contributed by atoms with Gasteiger partial charge >= 0.3 is 5.97 Å². The van der Waals surface area contributed by atoms with Crippen LogP contribution in [-0.4, -0.2) is 52.1 Å². The average molecular weight is 382 g/mol. The normalized spacial score (nSPS) is 15.8. The molecule has 4 N–H and O–H groups in total. The predicted molar refractivity (Wildman–Crippen MR) is 103 cm³/mol. The van der Waals surface area contributed by atoms with E-state index in [4.69, 9.17) is 5.11 Å². The van der Waals surface area contributed by atoms with Crippen molar-refractivity contribution in [2.45, 2.75) is 38.5 Å². The Hall–Kier alpha value is -1.33. The maximum absolute atomic E-state index is 12.0. The van der Waals surface area contributed by atoms with Gasteiger partial charge in [0.15, 0.2) is 11.9 Å². The highest BCUT2D eigenvalue weighted by Crippen LogP contribution is 2.52. The molecule has 1 aromatic carbocycles. The number of carboxylic acid groups (broad SMARTS) is 1. The molecule has 6 nitrogen and oxygen atoms in total. The second-order valence-electron chi connectivity index (χ2n) is 7.19. The third-order valence-corrected chi connectivity index (χ3v) is 6.78. The molecule has 0 spiro atoms. The zero-order valence-electron chi connectivity index (χ0n) is 15.1. The Bertz CT molecular complexity index is 596. The van der Waals surface area contributed by atoms with Crippen molar-refractivity contribution in [1.82, 2.24) is 5.32 Å². The summed E-state index contributed by atoms with van der Waals surface area (Å²) in [6, 6.07) is 6.64. The molecular weight excluding hydrogens is 353 g/mol. The number of hydrogen-bond donors (Lipinski definition) is 4. The molecule has 0 aromatic heterocycles. The number of carboxylic acids is 1. The SMILES string of the molecule is O=C(CNCCc1ccc(C(=O)O)cc1)C[P+](O)(O)CC1CCCCC1. The number of hydrogen-bond acceptors (Lipinski definition) is 5. The van der Waals surface area contributed by atoms with E-state index in [0.717, 1.165) is 31.2 Å². The first-order chi connectivity index (χ1) is 12.4. The average Bonchev–Trinajstić information content (AvgIpc) is 2.59. The van der Waals surface area contributed by atoms with Crippen molar-refractivity contribution < 1.29 is 24.5 Å². The van der Waals surface area contributed by atoms with Crippen LogP contribution < -0.4 is 5.32 Å². The molecule has 0 radical (unpaired) electrons. The van der Waals surface area contributed by atoms with Gasteiger partial charge in [0.25, 0.3) is 7.72 Å². The van der Waals surface area contributed by atoms with Gasteiger partial charge in [-0.1, -0.05) is 31.4 Å². The topological polar surface area (TPSA) is 107 Å². The van der Waals surface area contributed by atoms with E-state index in [2.05, 4.69) is 5.32 Å². The minimum Gasteiger partial charge on any atom is -0.478 e. The van der Waals surface area contributed by atoms with Gasteiger partial charge in [-0.2, -0.15) is 0 Å². The van der Waals surface area contributed by atoms with Crippen molar-refractivity contribution in [3.05, 3.63) is 35.4 Å². The second kappa shape index (κ2) is 10.1. The fourth-order valence-electron chi connectivity index (χ4n) is 3.46. The number of Topliss-reactive ketones (excluding diaryl/α,β-unsaturated/α-hetero) is 1. The molecule has 0 saturated heterocycles. The zero-order chi connectivity index (χ0) is 19.0. The molecule has 0 unspecified atom stereocenters. The van der Waals surface area contributed by atoms with Crippen LogP contribution in [0.1, 0.15) is 48.0 Å². The quantitative estimate of drug-likeness (QED) is 0.366. The minimum atomic E-state index is -3.13. The molecule has 0 heterocycles. The van der Waals surface area contributed by atoms with Gasteiger partial charge in [-0.15, -0.1) is 0 Å². The third kappa shape index (κ3) is 7.50. The molecule has 0 amide bonds. The molecule has 1 aliphatic carbocycles. The summed E-state index contributed by atoms with van der Waals surface area (Å²) in [5.41, 5.74) is 1.24. The van der Waals surface area contributed by atoms with Gasteiger partial charge in [0.2, 0.25) is 0 Å². The van der Waals surface area contributed by atoms with Crippen LogP contribution in [0.15, 0.2) is 24.3 Å². The van der Waals surface area contributed by atoms with Crippen molar-refractivity contribution in [3.8, 4) is 0 Å². The van der Waals surface area contributed by atoms with Gasteiger partial charge in [0.1, 0.15) is 6.16 Å². The highest BCUT2D eigenvalue weighted by molar-refractivity contribution is 7.65. The van der Waals surface area contributed by atoms with E-state index in [0.29, 0.717) is 25.0 Å². The van der Waals surface area contributed by atoms with Crippen LogP contribution in [-0.2, 0) is 11.2 Å². The zero-order valence-corrected chi connectivity index (χ0v) is 16.0. The Labute approximate surface area is 155 Å². The predicted octanol–water partition coefficient (Wildman–Crippen LogP) is 2.50. The third-order valence-electron chi connectivity index (χ3n) is 4.82. The minimum absolute atomic E-state index is 0.126. The van der Waals surface area contributed by atoms with E-state index in [1.807, 2.05) is 0 Å². The Morgan fingerprint density at radius 3 is 2.35 bits per heavy atom. The molecule has 144 valence electrons. The lowest BCUT2D eigenvalue weighted by Gasteiger charge is -2.23. The number of rotatable bonds is 10. The summed E-state index contributed by atoms with van der Waals surface area (Å²) in [6.45, 7) is 0.698. The molecule has 0 bridgehead atoms. The molecule has 1 saturated carbocycles. The lowest BCUT2D eigenvalue weighted by Crippen LogP contribution is -2.29. The number of aromatic carboxylic acids is 1. The number of carbonyl (C=O) groups excluding carboxylic acids is 1. The Kier molecular flexibility index (Phi) is 8.16. The Morgan fingerprint density at radius 2 is 1.73 bits per heavy atom. The van der Waals surface area contributed by atoms with Crippen molar-refractivity contribution in [3.63, 3.8) is 0 Å². The molecule has 1 aliphatic rings. The highest BCUT2D eigenvalue weighted by atomic mass is 31.2. The smallest absolute Gasteiger partial charge is 0.335 e. The highest BCUT2D eigenvalue weighted by Gasteiger charge is 2.39. The molecule has 7 heteroatoms. The van der Waals surface area contributed by atoms with Gasteiger partial charge in [0.05, 0.1) is 12.1 Å². The number of carbonyl (C=O) groups is 2. The number of benzene rings is 1. The number of ketones is 1. The van der Waals surface area contributed by atoms with Crippen molar-refractivity contribution in [2.75, 3.05) is 25.4 Å². The summed E-state index contributed by atoms with van der Waals surface area (Å²) < 4.78 is 0. The second-order valence-corrected chi connectivity index (χ2v) is 9.63. The lowest BCUT2D eigenvalue weighted by molar-refractivity contribution is -0.116. The van der Waals surface area contributed by atoms with Gasteiger partial charge in [0, 0.05) is 0 Å². The van der Waals surface area contributed by atoms with Gasteiger partial charge in [-0.05, 0) is 49.4 Å². The van der Waals surface area contributed by atoms with Crippen LogP contribution in [0, 0.1) is 5.92 Å². The van der Waals surface area contributed by atoms with Crippen molar-refractivity contribution in [1.29, 1.82) is 0 Å². The van der Waals surface area contributed by atoms with Crippen LogP contribution in [0.3, 0.4) is 0 Å². The Balaban J connectivity index is 1.65. The molecule has 1 aromatic rings. The Morgan fingerprint density at radius 1 is 1.08 bits per heavy atom.